The summed E-state index contributed by atoms with van der Waals surface area (Å²) in [5, 5.41) is 2.81. The van der Waals surface area contributed by atoms with Gasteiger partial charge in [-0.3, -0.25) is 13.9 Å². The van der Waals surface area contributed by atoms with Crippen molar-refractivity contribution in [1.29, 1.82) is 0 Å². The molecule has 0 spiro atoms. The molecule has 2 amide bonds. The molecule has 0 heterocycles. The highest BCUT2D eigenvalue weighted by atomic mass is 32.2. The van der Waals surface area contributed by atoms with Crippen molar-refractivity contribution >= 4 is 27.5 Å². The van der Waals surface area contributed by atoms with E-state index in [1.54, 1.807) is 31.2 Å². The summed E-state index contributed by atoms with van der Waals surface area (Å²) in [5.41, 5.74) is 2.09. The van der Waals surface area contributed by atoms with Gasteiger partial charge in [0.2, 0.25) is 11.8 Å². The second-order valence-electron chi connectivity index (χ2n) is 9.78. The van der Waals surface area contributed by atoms with Gasteiger partial charge in [0.05, 0.1) is 31.4 Å². The van der Waals surface area contributed by atoms with Crippen LogP contribution >= 0.6 is 0 Å². The number of sulfonamides is 1. The molecule has 11 heteroatoms. The summed E-state index contributed by atoms with van der Waals surface area (Å²) in [6, 6.07) is 17.6. The molecule has 0 saturated heterocycles. The molecule has 0 fully saturated rings. The first-order valence-corrected chi connectivity index (χ1v) is 15.6. The van der Waals surface area contributed by atoms with Crippen LogP contribution in [0.25, 0.3) is 0 Å². The molecule has 3 rings (SSSR count). The van der Waals surface area contributed by atoms with Crippen molar-refractivity contribution < 1.29 is 32.2 Å². The van der Waals surface area contributed by atoms with E-state index in [0.717, 1.165) is 15.4 Å². The number of nitrogens with zero attached hydrogens (tertiary/aromatic N) is 2. The lowest BCUT2D eigenvalue weighted by atomic mass is 10.1. The predicted octanol–water partition coefficient (Wildman–Crippen LogP) is 4.55. The van der Waals surface area contributed by atoms with Crippen molar-refractivity contribution in [2.75, 3.05) is 38.2 Å². The highest BCUT2D eigenvalue weighted by Gasteiger charge is 2.34. The van der Waals surface area contributed by atoms with Gasteiger partial charge in [-0.1, -0.05) is 36.8 Å². The summed E-state index contributed by atoms with van der Waals surface area (Å²) in [6.45, 7) is 7.84. The van der Waals surface area contributed by atoms with Gasteiger partial charge in [0.1, 0.15) is 18.3 Å². The number of rotatable bonds is 15. The first kappa shape index (κ1) is 33.3. The zero-order valence-corrected chi connectivity index (χ0v) is 26.4. The van der Waals surface area contributed by atoms with Crippen LogP contribution in [0, 0.1) is 6.92 Å². The molecule has 0 aliphatic heterocycles. The molecule has 0 aromatic heterocycles. The van der Waals surface area contributed by atoms with Crippen molar-refractivity contribution in [1.82, 2.24) is 10.2 Å². The summed E-state index contributed by atoms with van der Waals surface area (Å²) in [7, 11) is -1.43. The fraction of sp³-hybridized carbons (Fsp3) is 0.375. The van der Waals surface area contributed by atoms with E-state index in [9.17, 15) is 18.0 Å². The molecule has 10 nitrogen and oxygen atoms in total. The van der Waals surface area contributed by atoms with Crippen LogP contribution in [0.5, 0.6) is 17.2 Å². The second-order valence-corrected chi connectivity index (χ2v) is 11.6. The zero-order valence-electron chi connectivity index (χ0n) is 25.6. The van der Waals surface area contributed by atoms with Crippen molar-refractivity contribution in [3.05, 3.63) is 77.9 Å². The first-order valence-electron chi connectivity index (χ1n) is 14.2. The number of nitrogens with one attached hydrogen (secondary N) is 1. The Morgan fingerprint density at radius 2 is 1.60 bits per heavy atom. The third-order valence-corrected chi connectivity index (χ3v) is 8.60. The van der Waals surface area contributed by atoms with Crippen LogP contribution in [-0.4, -0.2) is 65.1 Å². The molecule has 43 heavy (non-hydrogen) atoms. The van der Waals surface area contributed by atoms with Crippen LogP contribution in [0.2, 0.25) is 0 Å². The maximum Gasteiger partial charge on any atom is 0.264 e. The van der Waals surface area contributed by atoms with Crippen molar-refractivity contribution in [3.8, 4) is 17.2 Å². The topological polar surface area (TPSA) is 114 Å². The van der Waals surface area contributed by atoms with Gasteiger partial charge in [-0.05, 0) is 69.2 Å². The molecule has 0 bridgehead atoms. The molecule has 0 aliphatic rings. The van der Waals surface area contributed by atoms with E-state index in [2.05, 4.69) is 5.32 Å². The summed E-state index contributed by atoms with van der Waals surface area (Å²) in [4.78, 5) is 28.6. The largest absolute Gasteiger partial charge is 0.494 e. The molecule has 3 aromatic carbocycles. The number of carbonyl (C=O) groups is 2. The summed E-state index contributed by atoms with van der Waals surface area (Å²) in [6.07, 6.45) is 0.342. The van der Waals surface area contributed by atoms with E-state index in [0.29, 0.717) is 31.1 Å². The number of ether oxygens (including phenoxy) is 3. The van der Waals surface area contributed by atoms with E-state index >= 15 is 0 Å². The van der Waals surface area contributed by atoms with Gasteiger partial charge < -0.3 is 24.4 Å². The van der Waals surface area contributed by atoms with Crippen molar-refractivity contribution in [2.24, 2.45) is 0 Å². The van der Waals surface area contributed by atoms with E-state index in [-0.39, 0.29) is 28.8 Å². The normalized spacial score (nSPS) is 11.8. The number of hydrogen-bond acceptors (Lipinski definition) is 7. The summed E-state index contributed by atoms with van der Waals surface area (Å²) in [5.74, 6) is 0.315. The van der Waals surface area contributed by atoms with Gasteiger partial charge >= 0.3 is 0 Å². The standard InChI is InChI=1S/C32H41N3O7S/c1-7-28(32(37)33-8-2)34(21-24-12-10-11-23(4)19-24)31(36)22-35(25-13-15-26(16-14-25)42-9-3)43(38,39)27-17-18-29(40-5)30(20-27)41-6/h10-20,28H,7-9,21-22H2,1-6H3,(H,33,37)/t28-/m0/s1. The van der Waals surface area contributed by atoms with Crippen LogP contribution < -0.4 is 23.8 Å². The average Bonchev–Trinajstić information content (AvgIpc) is 3.00. The number of benzene rings is 3. The minimum Gasteiger partial charge on any atom is -0.494 e. The quantitative estimate of drug-likeness (QED) is 0.268. The Kier molecular flexibility index (Phi) is 11.8. The second kappa shape index (κ2) is 15.3. The number of amides is 2. The Morgan fingerprint density at radius 3 is 2.19 bits per heavy atom. The van der Waals surface area contributed by atoms with Gasteiger partial charge in [0.15, 0.2) is 11.5 Å². The van der Waals surface area contributed by atoms with E-state index in [1.165, 1.54) is 37.3 Å². The number of anilines is 1. The number of methoxy groups -OCH3 is 2. The van der Waals surface area contributed by atoms with Crippen LogP contribution in [0.15, 0.2) is 71.6 Å². The Hall–Kier alpha value is -4.25. The monoisotopic (exact) mass is 611 g/mol. The molecule has 232 valence electrons. The van der Waals surface area contributed by atoms with Gasteiger partial charge in [0, 0.05) is 19.2 Å². The molecular formula is C32H41N3O7S. The molecular weight excluding hydrogens is 570 g/mol. The highest BCUT2D eigenvalue weighted by molar-refractivity contribution is 7.92. The summed E-state index contributed by atoms with van der Waals surface area (Å²) < 4.78 is 45.6. The fourth-order valence-corrected chi connectivity index (χ4v) is 6.16. The van der Waals surface area contributed by atoms with Crippen LogP contribution in [-0.2, 0) is 26.2 Å². The number of likely N-dealkylation sites (N-methyl/N-ethyl adjacent to an activating group) is 1. The lowest BCUT2D eigenvalue weighted by Crippen LogP contribution is -2.52. The minimum absolute atomic E-state index is 0.0900. The smallest absolute Gasteiger partial charge is 0.264 e. The van der Waals surface area contributed by atoms with Gasteiger partial charge in [0.25, 0.3) is 10.0 Å². The third kappa shape index (κ3) is 8.19. The van der Waals surface area contributed by atoms with Crippen LogP contribution in [0.3, 0.4) is 0 Å². The highest BCUT2D eigenvalue weighted by Crippen LogP contribution is 2.33. The third-order valence-electron chi connectivity index (χ3n) is 6.83. The Morgan fingerprint density at radius 1 is 0.907 bits per heavy atom. The predicted molar refractivity (Wildman–Crippen MR) is 166 cm³/mol. The Bertz CT molecular complexity index is 1490. The Balaban J connectivity index is 2.11. The lowest BCUT2D eigenvalue weighted by molar-refractivity contribution is -0.140. The SMILES string of the molecule is CCNC(=O)[C@H](CC)N(Cc1cccc(C)c1)C(=O)CN(c1ccc(OCC)cc1)S(=O)(=O)c1ccc(OC)c(OC)c1. The minimum atomic E-state index is -4.30. The molecule has 0 radical (unpaired) electrons. The van der Waals surface area contributed by atoms with Gasteiger partial charge in [-0.2, -0.15) is 0 Å². The molecule has 0 unspecified atom stereocenters. The maximum atomic E-state index is 14.2. The van der Waals surface area contributed by atoms with E-state index in [1.807, 2.05) is 45.0 Å². The maximum absolute atomic E-state index is 14.2. The lowest BCUT2D eigenvalue weighted by Gasteiger charge is -2.33. The molecule has 1 N–H and O–H groups in total. The molecule has 3 aromatic rings. The van der Waals surface area contributed by atoms with Crippen molar-refractivity contribution in [2.45, 2.75) is 51.6 Å². The number of carbonyl (C=O) groups excluding carboxylic acids is 2. The summed E-state index contributed by atoms with van der Waals surface area (Å²) >= 11 is 0. The molecule has 0 aliphatic carbocycles. The van der Waals surface area contributed by atoms with E-state index in [4.69, 9.17) is 14.2 Å². The zero-order chi connectivity index (χ0) is 31.6. The molecule has 1 atom stereocenters. The average molecular weight is 612 g/mol. The number of hydrogen-bond donors (Lipinski definition) is 1. The molecule has 0 saturated carbocycles. The Labute approximate surface area is 254 Å². The number of aryl methyl sites for hydroxylation is 1. The van der Waals surface area contributed by atoms with Crippen molar-refractivity contribution in [3.63, 3.8) is 0 Å². The fourth-order valence-electron chi connectivity index (χ4n) is 4.73. The van der Waals surface area contributed by atoms with Gasteiger partial charge in [-0.15, -0.1) is 0 Å². The first-order chi connectivity index (χ1) is 20.6. The van der Waals surface area contributed by atoms with E-state index < -0.39 is 28.5 Å². The van der Waals surface area contributed by atoms with Crippen LogP contribution in [0.4, 0.5) is 5.69 Å². The van der Waals surface area contributed by atoms with Crippen LogP contribution in [0.1, 0.15) is 38.3 Å². The van der Waals surface area contributed by atoms with Gasteiger partial charge in [-0.25, -0.2) is 8.42 Å².